The third kappa shape index (κ3) is 4.40. The Morgan fingerprint density at radius 2 is 2.18 bits per heavy atom. The number of rotatable bonds is 8. The van der Waals surface area contributed by atoms with Gasteiger partial charge in [-0.25, -0.2) is 0 Å². The van der Waals surface area contributed by atoms with Gasteiger partial charge in [-0.3, -0.25) is 4.79 Å². The Bertz CT molecular complexity index is 815. The van der Waals surface area contributed by atoms with E-state index >= 15 is 0 Å². The maximum atomic E-state index is 13.3. The van der Waals surface area contributed by atoms with Crippen LogP contribution in [0.15, 0.2) is 24.4 Å². The monoisotopic (exact) mass is 387 g/mol. The average Bonchev–Trinajstić information content (AvgIpc) is 3.22. The number of nitrogens with one attached hydrogen (secondary N) is 1. The zero-order valence-electron chi connectivity index (χ0n) is 17.4. The molecule has 6 nitrogen and oxygen atoms in total. The number of nitrogens with zero attached hydrogens (tertiary/aromatic N) is 2. The van der Waals surface area contributed by atoms with Crippen molar-refractivity contribution in [1.82, 2.24) is 14.8 Å². The molecule has 1 aliphatic rings. The summed E-state index contributed by atoms with van der Waals surface area (Å²) in [7, 11) is 1.72. The zero-order chi connectivity index (χ0) is 20.3. The van der Waals surface area contributed by atoms with Gasteiger partial charge in [-0.15, -0.1) is 0 Å². The summed E-state index contributed by atoms with van der Waals surface area (Å²) in [4.78, 5) is 15.2. The quantitative estimate of drug-likeness (QED) is 0.683. The van der Waals surface area contributed by atoms with Gasteiger partial charge in [0.1, 0.15) is 0 Å². The molecular weight excluding hydrogens is 354 g/mol. The van der Waals surface area contributed by atoms with Gasteiger partial charge in [0.05, 0.1) is 6.10 Å². The Morgan fingerprint density at radius 1 is 1.39 bits per heavy atom. The number of fused-ring (bicyclic) bond motifs is 1. The Hall–Kier alpha value is -1.89. The van der Waals surface area contributed by atoms with E-state index in [4.69, 9.17) is 4.74 Å². The lowest BCUT2D eigenvalue weighted by atomic mass is 10.0. The van der Waals surface area contributed by atoms with Crippen LogP contribution in [0.5, 0.6) is 0 Å². The van der Waals surface area contributed by atoms with Crippen LogP contribution in [-0.4, -0.2) is 66.0 Å². The summed E-state index contributed by atoms with van der Waals surface area (Å²) < 4.78 is 7.39. The van der Waals surface area contributed by atoms with E-state index in [1.807, 2.05) is 30.9 Å². The largest absolute Gasteiger partial charge is 0.391 e. The summed E-state index contributed by atoms with van der Waals surface area (Å²) in [5, 5.41) is 14.5. The molecule has 1 aromatic heterocycles. The number of amides is 1. The number of benzene rings is 1. The molecule has 28 heavy (non-hydrogen) atoms. The van der Waals surface area contributed by atoms with Crippen molar-refractivity contribution < 1.29 is 14.6 Å². The highest BCUT2D eigenvalue weighted by Crippen LogP contribution is 2.24. The van der Waals surface area contributed by atoms with E-state index in [0.29, 0.717) is 18.7 Å². The van der Waals surface area contributed by atoms with E-state index in [0.717, 1.165) is 31.6 Å². The highest BCUT2D eigenvalue weighted by Gasteiger charge is 2.30. The van der Waals surface area contributed by atoms with Gasteiger partial charge in [0.25, 0.3) is 5.91 Å². The molecule has 3 rings (SSSR count). The molecule has 154 valence electrons. The molecule has 0 radical (unpaired) electrons. The van der Waals surface area contributed by atoms with Gasteiger partial charge in [0, 0.05) is 74.5 Å². The lowest BCUT2D eigenvalue weighted by Crippen LogP contribution is -2.43. The van der Waals surface area contributed by atoms with Gasteiger partial charge in [-0.2, -0.15) is 0 Å². The molecule has 2 N–H and O–H groups in total. The summed E-state index contributed by atoms with van der Waals surface area (Å²) in [6.45, 7) is 9.66. The number of carbonyl (C=O) groups excluding carboxylic acids is 1. The molecule has 0 bridgehead atoms. The predicted molar refractivity (Wildman–Crippen MR) is 112 cm³/mol. The molecule has 6 heteroatoms. The molecule has 0 unspecified atom stereocenters. The number of aliphatic hydroxyl groups excluding tert-OH is 1. The van der Waals surface area contributed by atoms with Crippen LogP contribution in [0.4, 0.5) is 0 Å². The van der Waals surface area contributed by atoms with Crippen LogP contribution in [0.1, 0.15) is 36.2 Å². The van der Waals surface area contributed by atoms with Crippen LogP contribution in [0.3, 0.4) is 0 Å². The van der Waals surface area contributed by atoms with Crippen molar-refractivity contribution in [2.75, 3.05) is 33.4 Å². The molecule has 2 aromatic rings. The second kappa shape index (κ2) is 9.07. The summed E-state index contributed by atoms with van der Waals surface area (Å²) in [5.41, 5.74) is 3.01. The highest BCUT2D eigenvalue weighted by atomic mass is 16.5. The number of hydrogen-bond acceptors (Lipinski definition) is 4. The van der Waals surface area contributed by atoms with Crippen LogP contribution in [0.25, 0.3) is 10.9 Å². The number of hydrogen-bond donors (Lipinski definition) is 2. The molecule has 0 aliphatic carbocycles. The first-order valence-electron chi connectivity index (χ1n) is 10.2. The standard InChI is InChI=1S/C22H33N3O3/c1-15(2)25(14-18-11-23-12-21(18)26)22(27)17-6-7-19-16(3)13-24(20(19)10-17)8-5-9-28-4/h6-7,10,13,15,18,21,23,26H,5,8-9,11-12,14H2,1-4H3/t18-,21-/m0/s1. The Balaban J connectivity index is 1.85. The van der Waals surface area contributed by atoms with Crippen LogP contribution in [0, 0.1) is 12.8 Å². The van der Waals surface area contributed by atoms with Crippen LogP contribution in [0.2, 0.25) is 0 Å². The number of β-amino-alcohol motifs (C(OH)–C–C–N with tert-alkyl or cyclic N) is 1. The van der Waals surface area contributed by atoms with Crippen molar-refractivity contribution in [3.63, 3.8) is 0 Å². The number of carbonyl (C=O) groups is 1. The Morgan fingerprint density at radius 3 is 2.82 bits per heavy atom. The van der Waals surface area contributed by atoms with Gasteiger partial charge in [0.15, 0.2) is 0 Å². The lowest BCUT2D eigenvalue weighted by molar-refractivity contribution is 0.0599. The van der Waals surface area contributed by atoms with Gasteiger partial charge in [-0.1, -0.05) is 6.07 Å². The van der Waals surface area contributed by atoms with Crippen molar-refractivity contribution in [1.29, 1.82) is 0 Å². The maximum Gasteiger partial charge on any atom is 0.254 e. The van der Waals surface area contributed by atoms with Crippen molar-refractivity contribution in [3.8, 4) is 0 Å². The molecule has 1 saturated heterocycles. The van der Waals surface area contributed by atoms with E-state index in [1.54, 1.807) is 7.11 Å². The minimum absolute atomic E-state index is 0.0262. The summed E-state index contributed by atoms with van der Waals surface area (Å²) in [5.74, 6) is 0.105. The van der Waals surface area contributed by atoms with E-state index in [2.05, 4.69) is 29.1 Å². The second-order valence-corrected chi connectivity index (χ2v) is 8.12. The predicted octanol–water partition coefficient (Wildman–Crippen LogP) is 2.42. The van der Waals surface area contributed by atoms with Gasteiger partial charge in [-0.05, 0) is 44.9 Å². The number of aryl methyl sites for hydroxylation is 2. The average molecular weight is 388 g/mol. The number of aliphatic hydroxyl groups is 1. The van der Waals surface area contributed by atoms with Crippen LogP contribution < -0.4 is 5.32 Å². The maximum absolute atomic E-state index is 13.3. The van der Waals surface area contributed by atoms with Crippen molar-refractivity contribution in [3.05, 3.63) is 35.5 Å². The fourth-order valence-corrected chi connectivity index (χ4v) is 4.03. The summed E-state index contributed by atoms with van der Waals surface area (Å²) >= 11 is 0. The number of ether oxygens (including phenoxy) is 1. The van der Waals surface area contributed by atoms with Crippen molar-refractivity contribution in [2.24, 2.45) is 5.92 Å². The first kappa shape index (κ1) is 20.8. The van der Waals surface area contributed by atoms with Crippen molar-refractivity contribution in [2.45, 2.75) is 45.9 Å². The first-order chi connectivity index (χ1) is 13.4. The molecule has 1 amide bonds. The smallest absolute Gasteiger partial charge is 0.254 e. The fourth-order valence-electron chi connectivity index (χ4n) is 4.03. The van der Waals surface area contributed by atoms with Gasteiger partial charge >= 0.3 is 0 Å². The fraction of sp³-hybridized carbons (Fsp3) is 0.591. The Labute approximate surface area is 167 Å². The van der Waals surface area contributed by atoms with E-state index in [9.17, 15) is 9.90 Å². The zero-order valence-corrected chi connectivity index (χ0v) is 17.4. The van der Waals surface area contributed by atoms with Gasteiger partial charge < -0.3 is 24.6 Å². The summed E-state index contributed by atoms with van der Waals surface area (Å²) in [6, 6.07) is 6.06. The van der Waals surface area contributed by atoms with Crippen LogP contribution >= 0.6 is 0 Å². The summed E-state index contributed by atoms with van der Waals surface area (Å²) in [6.07, 6.45) is 2.69. The minimum atomic E-state index is -0.391. The first-order valence-corrected chi connectivity index (χ1v) is 10.2. The van der Waals surface area contributed by atoms with E-state index in [1.165, 1.54) is 10.9 Å². The highest BCUT2D eigenvalue weighted by molar-refractivity contribution is 5.98. The lowest BCUT2D eigenvalue weighted by Gasteiger charge is -2.30. The molecule has 1 fully saturated rings. The molecule has 1 aliphatic heterocycles. The Kier molecular flexibility index (Phi) is 6.75. The minimum Gasteiger partial charge on any atom is -0.391 e. The van der Waals surface area contributed by atoms with E-state index < -0.39 is 6.10 Å². The van der Waals surface area contributed by atoms with Gasteiger partial charge in [0.2, 0.25) is 0 Å². The third-order valence-electron chi connectivity index (χ3n) is 5.70. The molecule has 0 spiro atoms. The molecule has 2 heterocycles. The third-order valence-corrected chi connectivity index (χ3v) is 5.70. The number of aromatic nitrogens is 1. The van der Waals surface area contributed by atoms with Crippen molar-refractivity contribution >= 4 is 16.8 Å². The molecule has 1 aromatic carbocycles. The van der Waals surface area contributed by atoms with E-state index in [-0.39, 0.29) is 17.9 Å². The second-order valence-electron chi connectivity index (χ2n) is 8.12. The normalized spacial score (nSPS) is 19.6. The number of methoxy groups -OCH3 is 1. The molecule has 2 atom stereocenters. The molecular formula is C22H33N3O3. The van der Waals surface area contributed by atoms with Crippen LogP contribution in [-0.2, 0) is 11.3 Å². The topological polar surface area (TPSA) is 66.7 Å². The SMILES string of the molecule is COCCCn1cc(C)c2ccc(C(=O)N(C[C@@H]3CNC[C@@H]3O)C(C)C)cc21. The molecule has 0 saturated carbocycles.